The summed E-state index contributed by atoms with van der Waals surface area (Å²) in [5.74, 6) is 5.44. The molecule has 84 valence electrons. The van der Waals surface area contributed by atoms with Gasteiger partial charge in [0, 0.05) is 5.92 Å². The molecule has 1 aromatic rings. The Morgan fingerprint density at radius 3 is 2.53 bits per heavy atom. The molecule has 0 heterocycles. The Labute approximate surface area is 92.4 Å². The number of rotatable bonds is 3. The van der Waals surface area contributed by atoms with Gasteiger partial charge in [0.15, 0.2) is 0 Å². The lowest BCUT2D eigenvalue weighted by atomic mass is 9.85. The van der Waals surface area contributed by atoms with E-state index in [-0.39, 0.29) is 5.41 Å². The first kappa shape index (κ1) is 12.2. The summed E-state index contributed by atoms with van der Waals surface area (Å²) in [4.78, 5) is 4.68. The van der Waals surface area contributed by atoms with Crippen molar-refractivity contribution < 1.29 is 4.84 Å². The molecule has 1 atom stereocenters. The van der Waals surface area contributed by atoms with Gasteiger partial charge in [0.2, 0.25) is 0 Å². The van der Waals surface area contributed by atoms with Crippen LogP contribution in [0.1, 0.15) is 44.7 Å². The average molecular weight is 207 g/mol. The van der Waals surface area contributed by atoms with Crippen LogP contribution in [0.4, 0.5) is 0 Å². The quantitative estimate of drug-likeness (QED) is 0.773. The van der Waals surface area contributed by atoms with Gasteiger partial charge in [-0.3, -0.25) is 0 Å². The van der Waals surface area contributed by atoms with E-state index in [9.17, 15) is 0 Å². The normalized spacial score (nSPS) is 13.9. The molecular formula is C13H21NO. The molecule has 0 saturated heterocycles. The first-order valence-corrected chi connectivity index (χ1v) is 5.37. The fourth-order valence-electron chi connectivity index (χ4n) is 1.55. The minimum atomic E-state index is 0.194. The van der Waals surface area contributed by atoms with Gasteiger partial charge in [-0.2, -0.15) is 0 Å². The van der Waals surface area contributed by atoms with Gasteiger partial charge >= 0.3 is 0 Å². The van der Waals surface area contributed by atoms with Gasteiger partial charge in [-0.1, -0.05) is 52.0 Å². The van der Waals surface area contributed by atoms with Gasteiger partial charge in [0.05, 0.1) is 6.61 Å². The zero-order chi connectivity index (χ0) is 11.5. The van der Waals surface area contributed by atoms with Gasteiger partial charge in [0.25, 0.3) is 0 Å². The zero-order valence-corrected chi connectivity index (χ0v) is 10.1. The molecule has 0 spiro atoms. The Balaban J connectivity index is 2.92. The molecule has 1 unspecified atom stereocenters. The van der Waals surface area contributed by atoms with Crippen molar-refractivity contribution in [2.24, 2.45) is 5.90 Å². The third-order valence-electron chi connectivity index (χ3n) is 2.67. The summed E-state index contributed by atoms with van der Waals surface area (Å²) in [6, 6.07) is 8.63. The Bertz CT molecular complexity index is 315. The second-order valence-corrected chi connectivity index (χ2v) is 5.11. The lowest BCUT2D eigenvalue weighted by molar-refractivity contribution is 0.126. The Morgan fingerprint density at radius 2 is 2.00 bits per heavy atom. The number of hydrogen-bond donors (Lipinski definition) is 1. The van der Waals surface area contributed by atoms with Gasteiger partial charge in [-0.15, -0.1) is 0 Å². The van der Waals surface area contributed by atoms with Gasteiger partial charge < -0.3 is 4.84 Å². The first-order valence-electron chi connectivity index (χ1n) is 5.37. The number of benzene rings is 1. The van der Waals surface area contributed by atoms with Crippen LogP contribution in [0.15, 0.2) is 24.3 Å². The molecule has 0 aliphatic carbocycles. The van der Waals surface area contributed by atoms with E-state index in [1.165, 1.54) is 11.1 Å². The average Bonchev–Trinajstić information content (AvgIpc) is 2.17. The van der Waals surface area contributed by atoms with Crippen molar-refractivity contribution in [1.29, 1.82) is 0 Å². The van der Waals surface area contributed by atoms with Crippen molar-refractivity contribution in [3.63, 3.8) is 0 Å². The van der Waals surface area contributed by atoms with Crippen molar-refractivity contribution in [2.75, 3.05) is 6.61 Å². The molecule has 0 amide bonds. The number of nitrogens with two attached hydrogens (primary N) is 1. The minimum absolute atomic E-state index is 0.194. The largest absolute Gasteiger partial charge is 0.304 e. The van der Waals surface area contributed by atoms with Crippen LogP contribution in [-0.2, 0) is 10.3 Å². The topological polar surface area (TPSA) is 35.2 Å². The molecule has 0 aliphatic rings. The molecule has 0 aromatic heterocycles. The zero-order valence-electron chi connectivity index (χ0n) is 10.1. The summed E-state index contributed by atoms with van der Waals surface area (Å²) >= 11 is 0. The fourth-order valence-corrected chi connectivity index (χ4v) is 1.55. The maximum Gasteiger partial charge on any atom is 0.0745 e. The van der Waals surface area contributed by atoms with E-state index in [2.05, 4.69) is 56.8 Å². The second kappa shape index (κ2) is 4.77. The van der Waals surface area contributed by atoms with Crippen molar-refractivity contribution in [2.45, 2.75) is 39.0 Å². The Hall–Kier alpha value is -0.860. The van der Waals surface area contributed by atoms with Crippen LogP contribution in [0, 0.1) is 0 Å². The fraction of sp³-hybridized carbons (Fsp3) is 0.538. The molecule has 0 bridgehead atoms. The predicted molar refractivity (Wildman–Crippen MR) is 63.7 cm³/mol. The van der Waals surface area contributed by atoms with E-state index >= 15 is 0 Å². The van der Waals surface area contributed by atoms with Crippen molar-refractivity contribution >= 4 is 0 Å². The minimum Gasteiger partial charge on any atom is -0.304 e. The van der Waals surface area contributed by atoms with Gasteiger partial charge in [0.1, 0.15) is 0 Å². The third-order valence-corrected chi connectivity index (χ3v) is 2.67. The highest BCUT2D eigenvalue weighted by Crippen LogP contribution is 2.25. The molecule has 2 heteroatoms. The molecule has 2 nitrogen and oxygen atoms in total. The van der Waals surface area contributed by atoms with E-state index in [0.29, 0.717) is 12.5 Å². The molecule has 0 aliphatic heterocycles. The van der Waals surface area contributed by atoms with Gasteiger partial charge in [-0.05, 0) is 16.5 Å². The van der Waals surface area contributed by atoms with E-state index in [1.807, 2.05) is 0 Å². The SMILES string of the molecule is CC(CON)c1cccc(C(C)(C)C)c1. The molecule has 1 rings (SSSR count). The maximum absolute atomic E-state index is 5.09. The highest BCUT2D eigenvalue weighted by Gasteiger charge is 2.15. The van der Waals surface area contributed by atoms with Crippen LogP contribution in [0.2, 0.25) is 0 Å². The number of hydrogen-bond acceptors (Lipinski definition) is 2. The highest BCUT2D eigenvalue weighted by molar-refractivity contribution is 5.30. The smallest absolute Gasteiger partial charge is 0.0745 e. The van der Waals surface area contributed by atoms with E-state index < -0.39 is 0 Å². The molecular weight excluding hydrogens is 186 g/mol. The van der Waals surface area contributed by atoms with Gasteiger partial charge in [-0.25, -0.2) is 5.90 Å². The standard InChI is InChI=1S/C13H21NO/c1-10(9-15-14)11-6-5-7-12(8-11)13(2,3)4/h5-8,10H,9,14H2,1-4H3. The van der Waals surface area contributed by atoms with E-state index in [0.717, 1.165) is 0 Å². The van der Waals surface area contributed by atoms with Crippen LogP contribution in [0.25, 0.3) is 0 Å². The third kappa shape index (κ3) is 3.33. The maximum atomic E-state index is 5.09. The predicted octanol–water partition coefficient (Wildman–Crippen LogP) is 2.98. The Kier molecular flexibility index (Phi) is 3.89. The molecule has 15 heavy (non-hydrogen) atoms. The molecule has 1 aromatic carbocycles. The first-order chi connectivity index (χ1) is 6.95. The van der Waals surface area contributed by atoms with Crippen molar-refractivity contribution in [3.8, 4) is 0 Å². The monoisotopic (exact) mass is 207 g/mol. The molecule has 2 N–H and O–H groups in total. The Morgan fingerprint density at radius 1 is 1.33 bits per heavy atom. The summed E-state index contributed by atoms with van der Waals surface area (Å²) in [6.07, 6.45) is 0. The summed E-state index contributed by atoms with van der Waals surface area (Å²) in [6.45, 7) is 9.34. The summed E-state index contributed by atoms with van der Waals surface area (Å²) in [7, 11) is 0. The highest BCUT2D eigenvalue weighted by atomic mass is 16.6. The summed E-state index contributed by atoms with van der Waals surface area (Å²) in [5, 5.41) is 0. The van der Waals surface area contributed by atoms with Crippen LogP contribution < -0.4 is 5.90 Å². The van der Waals surface area contributed by atoms with E-state index in [1.54, 1.807) is 0 Å². The molecule has 0 radical (unpaired) electrons. The van der Waals surface area contributed by atoms with Crippen LogP contribution in [0.5, 0.6) is 0 Å². The lowest BCUT2D eigenvalue weighted by Gasteiger charge is -2.21. The van der Waals surface area contributed by atoms with Crippen LogP contribution >= 0.6 is 0 Å². The van der Waals surface area contributed by atoms with Crippen molar-refractivity contribution in [3.05, 3.63) is 35.4 Å². The molecule has 0 fully saturated rings. The summed E-state index contributed by atoms with van der Waals surface area (Å²) in [5.41, 5.74) is 2.83. The summed E-state index contributed by atoms with van der Waals surface area (Å²) < 4.78 is 0. The van der Waals surface area contributed by atoms with Crippen LogP contribution in [0.3, 0.4) is 0 Å². The van der Waals surface area contributed by atoms with E-state index in [4.69, 9.17) is 5.90 Å². The lowest BCUT2D eigenvalue weighted by Crippen LogP contribution is -2.13. The van der Waals surface area contributed by atoms with Crippen molar-refractivity contribution in [1.82, 2.24) is 0 Å². The molecule has 0 saturated carbocycles. The van der Waals surface area contributed by atoms with Crippen LogP contribution in [-0.4, -0.2) is 6.61 Å². The second-order valence-electron chi connectivity index (χ2n) is 5.11.